The molecule has 0 aromatic heterocycles. The van der Waals surface area contributed by atoms with Crippen LogP contribution in [0.25, 0.3) is 0 Å². The molecule has 1 saturated heterocycles. The smallest absolute Gasteiger partial charge is 0.169 e. The van der Waals surface area contributed by atoms with E-state index in [4.69, 9.17) is 9.57 Å². The molecule has 2 rings (SSSR count). The van der Waals surface area contributed by atoms with Crippen LogP contribution in [-0.2, 0) is 16.0 Å². The van der Waals surface area contributed by atoms with Crippen LogP contribution in [0, 0.1) is 0 Å². The Balaban J connectivity index is 0.000000980. The summed E-state index contributed by atoms with van der Waals surface area (Å²) in [5.74, 6) is 0. The third kappa shape index (κ3) is 2.69. The zero-order chi connectivity index (χ0) is 9.15. The Bertz CT molecular complexity index is 273. The second-order valence-corrected chi connectivity index (χ2v) is 3.40. The molecule has 78 valence electrons. The van der Waals surface area contributed by atoms with Gasteiger partial charge in [-0.05, 0) is 12.5 Å². The molecule has 1 atom stereocenters. The van der Waals surface area contributed by atoms with Gasteiger partial charge in [-0.1, -0.05) is 30.3 Å². The molecule has 1 aliphatic heterocycles. The van der Waals surface area contributed by atoms with Gasteiger partial charge in [0.05, 0.1) is 0 Å². The molecule has 3 nitrogen and oxygen atoms in total. The minimum atomic E-state index is -0.374. The lowest BCUT2D eigenvalue weighted by atomic mass is 10.1. The summed E-state index contributed by atoms with van der Waals surface area (Å²) in [6.07, 6.45) is 0.813. The number of hydrogen-bond acceptors (Lipinski definition) is 3. The summed E-state index contributed by atoms with van der Waals surface area (Å²) in [6, 6.07) is 10.2. The first kappa shape index (κ1) is 11.5. The van der Waals surface area contributed by atoms with Gasteiger partial charge in [0.1, 0.15) is 5.72 Å². The van der Waals surface area contributed by atoms with Crippen LogP contribution in [0.2, 0.25) is 0 Å². The molecule has 1 N–H and O–H groups in total. The Labute approximate surface area is 89.8 Å². The number of ether oxygens (including phenoxy) is 1. The minimum absolute atomic E-state index is 0. The Morgan fingerprint density at radius 3 is 2.64 bits per heavy atom. The summed E-state index contributed by atoms with van der Waals surface area (Å²) in [5.41, 5.74) is 3.72. The predicted molar refractivity (Wildman–Crippen MR) is 56.0 cm³/mol. The van der Waals surface area contributed by atoms with Crippen molar-refractivity contribution in [3.63, 3.8) is 0 Å². The van der Waals surface area contributed by atoms with Crippen molar-refractivity contribution in [2.24, 2.45) is 0 Å². The maximum Gasteiger partial charge on any atom is 0.169 e. The first-order chi connectivity index (χ1) is 6.29. The van der Waals surface area contributed by atoms with Gasteiger partial charge < -0.3 is 4.74 Å². The largest absolute Gasteiger partial charge is 0.331 e. The van der Waals surface area contributed by atoms with Crippen molar-refractivity contribution in [1.82, 2.24) is 5.48 Å². The highest BCUT2D eigenvalue weighted by Gasteiger charge is 2.30. The highest BCUT2D eigenvalue weighted by molar-refractivity contribution is 5.85. The van der Waals surface area contributed by atoms with E-state index in [1.54, 1.807) is 0 Å². The van der Waals surface area contributed by atoms with Crippen molar-refractivity contribution >= 4 is 12.4 Å². The van der Waals surface area contributed by atoms with E-state index in [9.17, 15) is 0 Å². The summed E-state index contributed by atoms with van der Waals surface area (Å²) in [6.45, 7) is 2.30. The van der Waals surface area contributed by atoms with Gasteiger partial charge >= 0.3 is 0 Å². The average molecular weight is 216 g/mol. The lowest BCUT2D eigenvalue weighted by Crippen LogP contribution is -2.39. The van der Waals surface area contributed by atoms with Crippen LogP contribution in [0.15, 0.2) is 30.3 Å². The van der Waals surface area contributed by atoms with Crippen LogP contribution in [0.5, 0.6) is 0 Å². The van der Waals surface area contributed by atoms with Gasteiger partial charge in [-0.2, -0.15) is 5.48 Å². The number of halogens is 1. The summed E-state index contributed by atoms with van der Waals surface area (Å²) < 4.78 is 5.41. The number of hydrogen-bond donors (Lipinski definition) is 1. The zero-order valence-corrected chi connectivity index (χ0v) is 8.84. The number of benzene rings is 1. The predicted octanol–water partition coefficient (Wildman–Crippen LogP) is 1.88. The molecule has 1 aromatic rings. The van der Waals surface area contributed by atoms with Crippen molar-refractivity contribution in [2.75, 3.05) is 6.79 Å². The standard InChI is InChI=1S/C10H13NO2.ClH/c1-10(11-13-8-12-10)7-9-5-3-2-4-6-9;/h2-6,11H,7-8H2,1H3;1H. The van der Waals surface area contributed by atoms with Gasteiger partial charge in [0.15, 0.2) is 6.79 Å². The Morgan fingerprint density at radius 1 is 1.36 bits per heavy atom. The highest BCUT2D eigenvalue weighted by Crippen LogP contribution is 2.18. The van der Waals surface area contributed by atoms with Gasteiger partial charge in [-0.3, -0.25) is 4.84 Å². The molecule has 0 amide bonds. The van der Waals surface area contributed by atoms with Crippen LogP contribution in [0.4, 0.5) is 0 Å². The van der Waals surface area contributed by atoms with Crippen molar-refractivity contribution in [1.29, 1.82) is 0 Å². The first-order valence-corrected chi connectivity index (χ1v) is 4.35. The van der Waals surface area contributed by atoms with E-state index < -0.39 is 0 Å². The van der Waals surface area contributed by atoms with Gasteiger partial charge in [-0.15, -0.1) is 12.4 Å². The molecular formula is C10H14ClNO2. The van der Waals surface area contributed by atoms with Gasteiger partial charge in [0.25, 0.3) is 0 Å². The molecule has 1 aliphatic rings. The second kappa shape index (κ2) is 4.75. The molecular weight excluding hydrogens is 202 g/mol. The Hall–Kier alpha value is -0.610. The van der Waals surface area contributed by atoms with Crippen LogP contribution in [-0.4, -0.2) is 12.5 Å². The van der Waals surface area contributed by atoms with E-state index in [0.717, 1.165) is 6.42 Å². The normalized spacial score (nSPS) is 25.8. The van der Waals surface area contributed by atoms with E-state index >= 15 is 0 Å². The van der Waals surface area contributed by atoms with Crippen molar-refractivity contribution in [2.45, 2.75) is 19.1 Å². The van der Waals surface area contributed by atoms with E-state index in [0.29, 0.717) is 6.79 Å². The molecule has 0 spiro atoms. The van der Waals surface area contributed by atoms with Crippen LogP contribution >= 0.6 is 12.4 Å². The van der Waals surface area contributed by atoms with Crippen LogP contribution < -0.4 is 5.48 Å². The quantitative estimate of drug-likeness (QED) is 0.817. The topological polar surface area (TPSA) is 30.5 Å². The lowest BCUT2D eigenvalue weighted by molar-refractivity contribution is 0.00112. The van der Waals surface area contributed by atoms with E-state index in [-0.39, 0.29) is 18.1 Å². The maximum absolute atomic E-state index is 5.41. The molecule has 1 fully saturated rings. The summed E-state index contributed by atoms with van der Waals surface area (Å²) in [5, 5.41) is 0. The number of rotatable bonds is 2. The Kier molecular flexibility index (Phi) is 3.89. The Morgan fingerprint density at radius 2 is 2.07 bits per heavy atom. The molecule has 4 heteroatoms. The molecule has 1 unspecified atom stereocenters. The SMILES string of the molecule is CC1(Cc2ccccc2)NOCO1.Cl. The second-order valence-electron chi connectivity index (χ2n) is 3.40. The maximum atomic E-state index is 5.41. The monoisotopic (exact) mass is 215 g/mol. The highest BCUT2D eigenvalue weighted by atomic mass is 35.5. The first-order valence-electron chi connectivity index (χ1n) is 4.35. The average Bonchev–Trinajstić information content (AvgIpc) is 2.54. The molecule has 1 aromatic carbocycles. The minimum Gasteiger partial charge on any atom is -0.331 e. The van der Waals surface area contributed by atoms with Crippen molar-refractivity contribution in [3.05, 3.63) is 35.9 Å². The molecule has 0 bridgehead atoms. The summed E-state index contributed by atoms with van der Waals surface area (Å²) >= 11 is 0. The van der Waals surface area contributed by atoms with Gasteiger partial charge in [0, 0.05) is 6.42 Å². The van der Waals surface area contributed by atoms with Crippen LogP contribution in [0.3, 0.4) is 0 Å². The van der Waals surface area contributed by atoms with Gasteiger partial charge in [0.2, 0.25) is 0 Å². The van der Waals surface area contributed by atoms with E-state index in [1.807, 2.05) is 25.1 Å². The summed E-state index contributed by atoms with van der Waals surface area (Å²) in [7, 11) is 0. The summed E-state index contributed by atoms with van der Waals surface area (Å²) in [4.78, 5) is 4.96. The third-order valence-corrected chi connectivity index (χ3v) is 2.11. The van der Waals surface area contributed by atoms with Crippen molar-refractivity contribution < 1.29 is 9.57 Å². The zero-order valence-electron chi connectivity index (χ0n) is 8.03. The molecule has 0 radical (unpaired) electrons. The molecule has 1 heterocycles. The van der Waals surface area contributed by atoms with E-state index in [1.165, 1.54) is 5.56 Å². The fourth-order valence-corrected chi connectivity index (χ4v) is 1.44. The number of nitrogens with one attached hydrogen (secondary N) is 1. The molecule has 0 aliphatic carbocycles. The van der Waals surface area contributed by atoms with Crippen molar-refractivity contribution in [3.8, 4) is 0 Å². The molecule has 0 saturated carbocycles. The van der Waals surface area contributed by atoms with Gasteiger partial charge in [-0.25, -0.2) is 0 Å². The fourth-order valence-electron chi connectivity index (χ4n) is 1.44. The number of hydroxylamine groups is 1. The lowest BCUT2D eigenvalue weighted by Gasteiger charge is -2.20. The van der Waals surface area contributed by atoms with Crippen LogP contribution in [0.1, 0.15) is 12.5 Å². The molecule has 14 heavy (non-hydrogen) atoms. The third-order valence-electron chi connectivity index (χ3n) is 2.11. The van der Waals surface area contributed by atoms with E-state index in [2.05, 4.69) is 17.6 Å². The fraction of sp³-hybridized carbons (Fsp3) is 0.400.